The molecule has 0 saturated carbocycles. The van der Waals surface area contributed by atoms with Gasteiger partial charge in [0.2, 0.25) is 5.89 Å². The van der Waals surface area contributed by atoms with Gasteiger partial charge in [0.1, 0.15) is 0 Å². The van der Waals surface area contributed by atoms with E-state index in [-0.39, 0.29) is 24.8 Å². The first-order valence-electron chi connectivity index (χ1n) is 7.75. The molecule has 0 amide bonds. The number of hydrogen-bond donors (Lipinski definition) is 2. The van der Waals surface area contributed by atoms with Crippen molar-refractivity contribution in [1.82, 2.24) is 20.4 Å². The minimum atomic E-state index is 0. The van der Waals surface area contributed by atoms with Gasteiger partial charge in [-0.25, -0.2) is 0 Å². The molecule has 1 aromatic rings. The van der Waals surface area contributed by atoms with Gasteiger partial charge in [0, 0.05) is 6.54 Å². The van der Waals surface area contributed by atoms with Gasteiger partial charge in [0.25, 0.3) is 0 Å². The van der Waals surface area contributed by atoms with Crippen molar-refractivity contribution in [2.45, 2.75) is 39.2 Å². The molecule has 130 valence electrons. The number of likely N-dealkylation sites (tertiary alicyclic amines) is 1. The maximum atomic E-state index is 5.46. The molecule has 1 saturated heterocycles. The number of nitrogens with one attached hydrogen (secondary N) is 2. The first-order valence-corrected chi connectivity index (χ1v) is 7.75. The molecule has 8 heteroatoms. The van der Waals surface area contributed by atoms with Crippen LogP contribution in [0.1, 0.15) is 38.5 Å². The van der Waals surface area contributed by atoms with Gasteiger partial charge < -0.3 is 20.0 Å². The van der Waals surface area contributed by atoms with E-state index >= 15 is 0 Å². The van der Waals surface area contributed by atoms with Gasteiger partial charge >= 0.3 is 6.01 Å². The van der Waals surface area contributed by atoms with Crippen molar-refractivity contribution in [2.24, 2.45) is 5.92 Å². The summed E-state index contributed by atoms with van der Waals surface area (Å²) in [5.74, 6) is 1.46. The van der Waals surface area contributed by atoms with Crippen LogP contribution in [-0.2, 0) is 6.54 Å². The number of nitrogens with zero attached hydrogens (tertiary/aromatic N) is 3. The SMILES string of the molecule is CCCN1CCC(CCNc2nnc(CNC)o2)CC1.Cl.Cl. The average molecular weight is 354 g/mol. The van der Waals surface area contributed by atoms with Crippen molar-refractivity contribution in [2.75, 3.05) is 38.5 Å². The molecule has 0 unspecified atom stereocenters. The second-order valence-corrected chi connectivity index (χ2v) is 5.53. The van der Waals surface area contributed by atoms with Crippen LogP contribution in [0, 0.1) is 5.92 Å². The van der Waals surface area contributed by atoms with Crippen molar-refractivity contribution in [3.63, 3.8) is 0 Å². The Hall–Kier alpha value is -0.560. The molecular formula is C14H29Cl2N5O. The predicted octanol–water partition coefficient (Wildman–Crippen LogP) is 2.56. The van der Waals surface area contributed by atoms with E-state index in [0.717, 1.165) is 12.5 Å². The minimum absolute atomic E-state index is 0. The summed E-state index contributed by atoms with van der Waals surface area (Å²) < 4.78 is 5.46. The van der Waals surface area contributed by atoms with E-state index in [1.54, 1.807) is 0 Å². The summed E-state index contributed by atoms with van der Waals surface area (Å²) in [6, 6.07) is 0.540. The highest BCUT2D eigenvalue weighted by molar-refractivity contribution is 5.85. The molecule has 1 fully saturated rings. The topological polar surface area (TPSA) is 66.2 Å². The summed E-state index contributed by atoms with van der Waals surface area (Å²) in [4.78, 5) is 2.58. The van der Waals surface area contributed by atoms with E-state index in [9.17, 15) is 0 Å². The Morgan fingerprint density at radius 2 is 1.95 bits per heavy atom. The largest absolute Gasteiger partial charge is 0.407 e. The third kappa shape index (κ3) is 7.13. The van der Waals surface area contributed by atoms with Crippen molar-refractivity contribution in [3.05, 3.63) is 5.89 Å². The first-order chi connectivity index (χ1) is 9.81. The highest BCUT2D eigenvalue weighted by Crippen LogP contribution is 2.20. The fourth-order valence-electron chi connectivity index (χ4n) is 2.75. The molecule has 2 rings (SSSR count). The van der Waals surface area contributed by atoms with Crippen LogP contribution >= 0.6 is 24.8 Å². The predicted molar refractivity (Wildman–Crippen MR) is 94.1 cm³/mol. The molecule has 0 radical (unpaired) electrons. The maximum absolute atomic E-state index is 5.46. The summed E-state index contributed by atoms with van der Waals surface area (Å²) in [7, 11) is 1.86. The van der Waals surface area contributed by atoms with Crippen LogP contribution < -0.4 is 10.6 Å². The van der Waals surface area contributed by atoms with Crippen LogP contribution in [0.3, 0.4) is 0 Å². The van der Waals surface area contributed by atoms with Crippen LogP contribution in [0.4, 0.5) is 6.01 Å². The van der Waals surface area contributed by atoms with Crippen LogP contribution in [0.15, 0.2) is 4.42 Å². The van der Waals surface area contributed by atoms with E-state index in [1.807, 2.05) is 7.05 Å². The molecule has 1 aliphatic heterocycles. The third-order valence-electron chi connectivity index (χ3n) is 3.87. The van der Waals surface area contributed by atoms with Gasteiger partial charge in [-0.1, -0.05) is 12.0 Å². The number of halogens is 2. The number of rotatable bonds is 8. The van der Waals surface area contributed by atoms with E-state index in [4.69, 9.17) is 4.42 Å². The van der Waals surface area contributed by atoms with Crippen molar-refractivity contribution >= 4 is 30.8 Å². The highest BCUT2D eigenvalue weighted by Gasteiger charge is 2.18. The van der Waals surface area contributed by atoms with Crippen molar-refractivity contribution in [3.8, 4) is 0 Å². The lowest BCUT2D eigenvalue weighted by Gasteiger charge is -2.31. The smallest absolute Gasteiger partial charge is 0.315 e. The Bertz CT molecular complexity index is 383. The molecule has 2 heterocycles. The quantitative estimate of drug-likeness (QED) is 0.748. The van der Waals surface area contributed by atoms with E-state index in [2.05, 4.69) is 32.7 Å². The normalized spacial score (nSPS) is 15.9. The molecule has 1 aliphatic rings. The second kappa shape index (κ2) is 11.9. The summed E-state index contributed by atoms with van der Waals surface area (Å²) in [5.41, 5.74) is 0. The van der Waals surface area contributed by atoms with Gasteiger partial charge in [-0.2, -0.15) is 0 Å². The van der Waals surface area contributed by atoms with Crippen LogP contribution in [-0.4, -0.2) is 48.3 Å². The fourth-order valence-corrected chi connectivity index (χ4v) is 2.75. The van der Waals surface area contributed by atoms with E-state index < -0.39 is 0 Å². The lowest BCUT2D eigenvalue weighted by atomic mass is 9.93. The Kier molecular flexibility index (Phi) is 11.6. The summed E-state index contributed by atoms with van der Waals surface area (Å²) in [6.45, 7) is 7.55. The fraction of sp³-hybridized carbons (Fsp3) is 0.857. The Balaban J connectivity index is 0.00000220. The van der Waals surface area contributed by atoms with Crippen LogP contribution in [0.25, 0.3) is 0 Å². The number of aromatic nitrogens is 2. The van der Waals surface area contributed by atoms with Crippen LogP contribution in [0.5, 0.6) is 0 Å². The number of piperidine rings is 1. The molecule has 2 N–H and O–H groups in total. The monoisotopic (exact) mass is 353 g/mol. The van der Waals surface area contributed by atoms with Gasteiger partial charge in [0.15, 0.2) is 0 Å². The zero-order valence-electron chi connectivity index (χ0n) is 13.5. The van der Waals surface area contributed by atoms with E-state index in [1.165, 1.54) is 45.3 Å². The molecule has 0 atom stereocenters. The molecule has 6 nitrogen and oxygen atoms in total. The molecule has 1 aromatic heterocycles. The van der Waals surface area contributed by atoms with Crippen molar-refractivity contribution in [1.29, 1.82) is 0 Å². The Morgan fingerprint density at radius 3 is 2.59 bits per heavy atom. The summed E-state index contributed by atoms with van der Waals surface area (Å²) in [6.07, 6.45) is 5.08. The average Bonchev–Trinajstić information content (AvgIpc) is 2.89. The van der Waals surface area contributed by atoms with Gasteiger partial charge in [0.05, 0.1) is 6.54 Å². The minimum Gasteiger partial charge on any atom is -0.407 e. The Morgan fingerprint density at radius 1 is 1.23 bits per heavy atom. The maximum Gasteiger partial charge on any atom is 0.315 e. The summed E-state index contributed by atoms with van der Waals surface area (Å²) in [5, 5.41) is 14.1. The van der Waals surface area contributed by atoms with E-state index in [0.29, 0.717) is 18.5 Å². The molecule has 0 aliphatic carbocycles. The second-order valence-electron chi connectivity index (χ2n) is 5.53. The lowest BCUT2D eigenvalue weighted by molar-refractivity contribution is 0.181. The lowest BCUT2D eigenvalue weighted by Crippen LogP contribution is -2.34. The van der Waals surface area contributed by atoms with Crippen LogP contribution in [0.2, 0.25) is 0 Å². The molecule has 0 aromatic carbocycles. The summed E-state index contributed by atoms with van der Waals surface area (Å²) >= 11 is 0. The molecule has 0 bridgehead atoms. The first kappa shape index (κ1) is 21.4. The Labute approximate surface area is 145 Å². The highest BCUT2D eigenvalue weighted by atomic mass is 35.5. The van der Waals surface area contributed by atoms with Gasteiger partial charge in [-0.3, -0.25) is 0 Å². The molecule has 22 heavy (non-hydrogen) atoms. The van der Waals surface area contributed by atoms with Crippen molar-refractivity contribution < 1.29 is 4.42 Å². The zero-order chi connectivity index (χ0) is 14.2. The standard InChI is InChI=1S/C14H27N5O.2ClH/c1-3-8-19-9-5-12(6-10-19)4-7-16-14-18-17-13(20-14)11-15-2;;/h12,15H,3-11H2,1-2H3,(H,16,18);2*1H. The van der Waals surface area contributed by atoms with Gasteiger partial charge in [-0.05, 0) is 58.3 Å². The zero-order valence-corrected chi connectivity index (χ0v) is 15.1. The molecule has 0 spiro atoms. The third-order valence-corrected chi connectivity index (χ3v) is 3.87. The number of anilines is 1. The molecular weight excluding hydrogens is 325 g/mol. The van der Waals surface area contributed by atoms with Gasteiger partial charge in [-0.15, -0.1) is 29.9 Å². The number of hydrogen-bond acceptors (Lipinski definition) is 6.